The zero-order valence-corrected chi connectivity index (χ0v) is 6.69. The molecule has 1 aromatic rings. The molecule has 0 spiro atoms. The minimum absolute atomic E-state index is 0. The number of hydrogen-bond acceptors (Lipinski definition) is 3. The van der Waals surface area contributed by atoms with Crippen molar-refractivity contribution in [1.29, 1.82) is 0 Å². The van der Waals surface area contributed by atoms with Gasteiger partial charge in [-0.2, -0.15) is 5.10 Å². The molecule has 1 rings (SSSR count). The summed E-state index contributed by atoms with van der Waals surface area (Å²) in [4.78, 5) is 3.74. The van der Waals surface area contributed by atoms with Gasteiger partial charge in [0.25, 0.3) is 0 Å². The Morgan fingerprint density at radius 2 is 2.44 bits per heavy atom. The van der Waals surface area contributed by atoms with Crippen LogP contribution < -0.4 is 0 Å². The summed E-state index contributed by atoms with van der Waals surface area (Å²) in [5, 5.41) is 12.2. The van der Waals surface area contributed by atoms with Crippen molar-refractivity contribution < 1.29 is 5.11 Å². The van der Waals surface area contributed by atoms with E-state index in [1.807, 2.05) is 0 Å². The van der Waals surface area contributed by atoms with Gasteiger partial charge in [0.15, 0.2) is 5.82 Å². The Hall–Kier alpha value is -0.420. The van der Waals surface area contributed by atoms with Crippen LogP contribution >= 0.6 is 17.0 Å². The lowest BCUT2D eigenvalue weighted by Gasteiger charge is -1.89. The van der Waals surface area contributed by atoms with E-state index in [1.165, 1.54) is 11.0 Å². The summed E-state index contributed by atoms with van der Waals surface area (Å²) < 4.78 is 1.53. The first-order valence-electron chi connectivity index (χ1n) is 2.28. The van der Waals surface area contributed by atoms with Crippen LogP contribution in [0.1, 0.15) is 5.82 Å². The first-order valence-corrected chi connectivity index (χ1v) is 2.28. The molecule has 0 aliphatic rings. The Morgan fingerprint density at radius 1 is 1.78 bits per heavy atom. The van der Waals surface area contributed by atoms with Crippen LogP contribution in [0.5, 0.6) is 0 Å². The van der Waals surface area contributed by atoms with Gasteiger partial charge >= 0.3 is 0 Å². The van der Waals surface area contributed by atoms with Crippen LogP contribution in [-0.4, -0.2) is 19.9 Å². The molecule has 0 radical (unpaired) electrons. The van der Waals surface area contributed by atoms with E-state index in [0.29, 0.717) is 5.82 Å². The van der Waals surface area contributed by atoms with Gasteiger partial charge in [-0.25, -0.2) is 4.98 Å². The molecular formula is C4H8BrN3O. The highest BCUT2D eigenvalue weighted by Crippen LogP contribution is 1.86. The third kappa shape index (κ3) is 1.76. The van der Waals surface area contributed by atoms with Crippen LogP contribution in [0.25, 0.3) is 0 Å². The predicted octanol–water partition coefficient (Wildman–Crippen LogP) is -0.115. The number of hydrogen-bond donors (Lipinski definition) is 1. The number of nitrogens with zero attached hydrogens (tertiary/aromatic N) is 3. The van der Waals surface area contributed by atoms with Crippen LogP contribution in [0.2, 0.25) is 0 Å². The molecule has 1 heterocycles. The van der Waals surface area contributed by atoms with Crippen molar-refractivity contribution in [2.45, 2.75) is 6.61 Å². The number of aryl methyl sites for hydroxylation is 1. The molecule has 0 aliphatic carbocycles. The smallest absolute Gasteiger partial charge is 0.152 e. The number of aliphatic hydroxyl groups excluding tert-OH is 1. The van der Waals surface area contributed by atoms with Gasteiger partial charge in [0.2, 0.25) is 0 Å². The van der Waals surface area contributed by atoms with E-state index >= 15 is 0 Å². The van der Waals surface area contributed by atoms with Crippen molar-refractivity contribution in [1.82, 2.24) is 14.8 Å². The van der Waals surface area contributed by atoms with E-state index in [0.717, 1.165) is 0 Å². The lowest BCUT2D eigenvalue weighted by molar-refractivity contribution is 0.265. The minimum Gasteiger partial charge on any atom is -0.388 e. The largest absolute Gasteiger partial charge is 0.388 e. The average Bonchev–Trinajstić information content (AvgIpc) is 2.14. The Kier molecular flexibility index (Phi) is 3.41. The second-order valence-electron chi connectivity index (χ2n) is 1.46. The van der Waals surface area contributed by atoms with Gasteiger partial charge in [0.05, 0.1) is 0 Å². The van der Waals surface area contributed by atoms with Crippen molar-refractivity contribution in [2.75, 3.05) is 0 Å². The fourth-order valence-electron chi connectivity index (χ4n) is 0.463. The maximum Gasteiger partial charge on any atom is 0.152 e. The first-order chi connectivity index (χ1) is 3.84. The summed E-state index contributed by atoms with van der Waals surface area (Å²) >= 11 is 0. The first kappa shape index (κ1) is 8.58. The molecule has 0 saturated carbocycles. The van der Waals surface area contributed by atoms with E-state index in [4.69, 9.17) is 5.11 Å². The van der Waals surface area contributed by atoms with Gasteiger partial charge in [0.1, 0.15) is 12.9 Å². The lowest BCUT2D eigenvalue weighted by atomic mass is 10.7. The van der Waals surface area contributed by atoms with E-state index in [-0.39, 0.29) is 23.6 Å². The van der Waals surface area contributed by atoms with Crippen LogP contribution in [0.3, 0.4) is 0 Å². The van der Waals surface area contributed by atoms with Crippen molar-refractivity contribution in [3.8, 4) is 0 Å². The number of halogens is 1. The molecule has 0 aromatic carbocycles. The highest BCUT2D eigenvalue weighted by atomic mass is 79.9. The van der Waals surface area contributed by atoms with Crippen molar-refractivity contribution in [3.63, 3.8) is 0 Å². The third-order valence-corrected chi connectivity index (χ3v) is 0.947. The summed E-state index contributed by atoms with van der Waals surface area (Å²) in [6.07, 6.45) is 1.41. The molecule has 4 nitrogen and oxygen atoms in total. The maximum absolute atomic E-state index is 8.48. The van der Waals surface area contributed by atoms with Crippen LogP contribution in [0.15, 0.2) is 6.33 Å². The molecule has 0 fully saturated rings. The molecular weight excluding hydrogens is 186 g/mol. The molecule has 0 unspecified atom stereocenters. The van der Waals surface area contributed by atoms with Crippen molar-refractivity contribution >= 4 is 17.0 Å². The molecule has 9 heavy (non-hydrogen) atoms. The Labute approximate surface area is 63.3 Å². The van der Waals surface area contributed by atoms with Gasteiger partial charge in [-0.1, -0.05) is 0 Å². The molecule has 0 aliphatic heterocycles. The fraction of sp³-hybridized carbons (Fsp3) is 0.500. The van der Waals surface area contributed by atoms with Gasteiger partial charge in [-0.05, 0) is 0 Å². The zero-order valence-electron chi connectivity index (χ0n) is 4.98. The minimum atomic E-state index is -0.0451. The number of rotatable bonds is 1. The quantitative estimate of drug-likeness (QED) is 0.678. The van der Waals surface area contributed by atoms with E-state index in [9.17, 15) is 0 Å². The van der Waals surface area contributed by atoms with E-state index in [1.54, 1.807) is 7.05 Å². The molecule has 1 N–H and O–H groups in total. The number of aliphatic hydroxyl groups is 1. The summed E-state index contributed by atoms with van der Waals surface area (Å²) in [5.74, 6) is 0.588. The Bertz CT molecular complexity index is 176. The molecule has 0 saturated heterocycles. The molecule has 5 heteroatoms. The van der Waals surface area contributed by atoms with Crippen LogP contribution in [-0.2, 0) is 13.7 Å². The summed E-state index contributed by atoms with van der Waals surface area (Å²) in [7, 11) is 1.73. The molecule has 52 valence electrons. The number of aromatic nitrogens is 3. The van der Waals surface area contributed by atoms with Crippen LogP contribution in [0.4, 0.5) is 0 Å². The highest BCUT2D eigenvalue weighted by molar-refractivity contribution is 8.93. The van der Waals surface area contributed by atoms with Crippen molar-refractivity contribution in [2.24, 2.45) is 7.05 Å². The van der Waals surface area contributed by atoms with Gasteiger partial charge in [-0.3, -0.25) is 4.68 Å². The molecule has 0 atom stereocenters. The second-order valence-corrected chi connectivity index (χ2v) is 1.46. The summed E-state index contributed by atoms with van der Waals surface area (Å²) in [6, 6.07) is 0. The molecule has 1 aromatic heterocycles. The summed E-state index contributed by atoms with van der Waals surface area (Å²) in [5.41, 5.74) is 0. The predicted molar refractivity (Wildman–Crippen MR) is 37.2 cm³/mol. The molecule has 0 amide bonds. The second kappa shape index (κ2) is 3.58. The van der Waals surface area contributed by atoms with Gasteiger partial charge < -0.3 is 5.11 Å². The molecule has 0 bridgehead atoms. The van der Waals surface area contributed by atoms with Crippen LogP contribution in [0, 0.1) is 0 Å². The van der Waals surface area contributed by atoms with E-state index < -0.39 is 0 Å². The average molecular weight is 194 g/mol. The maximum atomic E-state index is 8.48. The summed E-state index contributed by atoms with van der Waals surface area (Å²) in [6.45, 7) is -0.0451. The standard InChI is InChI=1S/C4H7N3O.BrH/c1-7-4(2-8)5-3-6-7;/h3,8H,2H2,1H3;1H. The topological polar surface area (TPSA) is 50.9 Å². The highest BCUT2D eigenvalue weighted by Gasteiger charge is 1.93. The Balaban J connectivity index is 0.000000640. The van der Waals surface area contributed by atoms with E-state index in [2.05, 4.69) is 10.1 Å². The normalized spacial score (nSPS) is 8.67. The van der Waals surface area contributed by atoms with Crippen molar-refractivity contribution in [3.05, 3.63) is 12.2 Å². The Morgan fingerprint density at radius 3 is 2.67 bits per heavy atom. The fourth-order valence-corrected chi connectivity index (χ4v) is 0.463. The van der Waals surface area contributed by atoms with Gasteiger partial charge in [-0.15, -0.1) is 17.0 Å². The monoisotopic (exact) mass is 193 g/mol. The zero-order chi connectivity index (χ0) is 5.98. The van der Waals surface area contributed by atoms with Gasteiger partial charge in [0, 0.05) is 7.05 Å². The third-order valence-electron chi connectivity index (χ3n) is 0.947. The SMILES string of the molecule is Br.Cn1ncnc1CO. The lowest BCUT2D eigenvalue weighted by Crippen LogP contribution is -1.97.